The lowest BCUT2D eigenvalue weighted by Gasteiger charge is -2.41. The van der Waals surface area contributed by atoms with Gasteiger partial charge < -0.3 is 4.74 Å². The Morgan fingerprint density at radius 3 is 2.24 bits per heavy atom. The van der Waals surface area contributed by atoms with Crippen molar-refractivity contribution >= 4 is 61.6 Å². The fourth-order valence-corrected chi connectivity index (χ4v) is 4.61. The molecule has 3 aliphatic heterocycles. The van der Waals surface area contributed by atoms with Crippen molar-refractivity contribution in [2.24, 2.45) is 5.41 Å². The number of rotatable bonds is 2. The highest BCUT2D eigenvalue weighted by atomic mass is 79.9. The summed E-state index contributed by atoms with van der Waals surface area (Å²) in [6.45, 7) is -0.130. The van der Waals surface area contributed by atoms with E-state index in [-0.39, 0.29) is 19.8 Å². The second-order valence-electron chi connectivity index (χ2n) is 4.61. The minimum Gasteiger partial charge on any atom is -0.425 e. The zero-order valence-corrected chi connectivity index (χ0v) is 16.0. The highest BCUT2D eigenvalue weighted by Gasteiger charge is 2.56. The summed E-state index contributed by atoms with van der Waals surface area (Å²) >= 11 is 10.1. The molecule has 0 radical (unpaired) electrons. The molecule has 0 spiro atoms. The number of esters is 1. The van der Waals surface area contributed by atoms with Crippen molar-refractivity contribution in [1.82, 2.24) is 0 Å². The molecule has 0 N–H and O–H groups in total. The van der Waals surface area contributed by atoms with Crippen molar-refractivity contribution in [1.29, 1.82) is 0 Å². The van der Waals surface area contributed by atoms with E-state index in [0.29, 0.717) is 10.2 Å². The Kier molecular flexibility index (Phi) is 4.38. The molecule has 21 heavy (non-hydrogen) atoms. The molecular formula is C11H8Br3O6P. The van der Waals surface area contributed by atoms with Crippen molar-refractivity contribution < 1.29 is 27.7 Å². The first-order valence-corrected chi connectivity index (χ1v) is 9.59. The molecule has 1 aromatic carbocycles. The molecule has 2 bridgehead atoms. The van der Waals surface area contributed by atoms with Crippen LogP contribution in [0.1, 0.15) is 0 Å². The average molecular weight is 507 g/mol. The number of benzene rings is 1. The Balaban J connectivity index is 1.81. The second-order valence-corrected chi connectivity index (χ2v) is 8.72. The van der Waals surface area contributed by atoms with Crippen LogP contribution in [0.3, 0.4) is 0 Å². The molecule has 6 nitrogen and oxygen atoms in total. The Bertz CT molecular complexity index is 632. The van der Waals surface area contributed by atoms with Gasteiger partial charge in [-0.15, -0.1) is 0 Å². The summed E-state index contributed by atoms with van der Waals surface area (Å²) in [5, 5.41) is 0. The van der Waals surface area contributed by atoms with E-state index >= 15 is 0 Å². The van der Waals surface area contributed by atoms with Crippen LogP contribution < -0.4 is 4.74 Å². The Hall–Kier alpha value is 0.240. The van der Waals surface area contributed by atoms with Gasteiger partial charge in [0.25, 0.3) is 0 Å². The summed E-state index contributed by atoms with van der Waals surface area (Å²) < 4.78 is 34.2. The third-order valence-electron chi connectivity index (χ3n) is 3.13. The molecule has 3 heterocycles. The molecule has 0 saturated carbocycles. The molecule has 3 fully saturated rings. The largest absolute Gasteiger partial charge is 0.474 e. The number of phosphoric ester groups is 1. The second kappa shape index (κ2) is 5.70. The zero-order chi connectivity index (χ0) is 15.3. The molecule has 0 aliphatic carbocycles. The minimum absolute atomic E-state index is 0.0432. The third-order valence-corrected chi connectivity index (χ3v) is 7.80. The summed E-state index contributed by atoms with van der Waals surface area (Å²) in [6.07, 6.45) is 0. The van der Waals surface area contributed by atoms with E-state index in [4.69, 9.17) is 18.3 Å². The summed E-state index contributed by atoms with van der Waals surface area (Å²) in [7, 11) is -3.45. The number of hydrogen-bond acceptors (Lipinski definition) is 6. The number of carbonyl (C=O) groups excluding carboxylic acids is 1. The lowest BCUT2D eigenvalue weighted by Crippen LogP contribution is -2.52. The topological polar surface area (TPSA) is 71.1 Å². The molecular weight excluding hydrogens is 499 g/mol. The van der Waals surface area contributed by atoms with E-state index in [2.05, 4.69) is 47.8 Å². The summed E-state index contributed by atoms with van der Waals surface area (Å²) in [5.41, 5.74) is -1.09. The van der Waals surface area contributed by atoms with Crippen LogP contribution in [0, 0.1) is 5.41 Å². The van der Waals surface area contributed by atoms with Gasteiger partial charge in [-0.3, -0.25) is 18.4 Å². The van der Waals surface area contributed by atoms with Crippen LogP contribution in [0.2, 0.25) is 0 Å². The van der Waals surface area contributed by atoms with Gasteiger partial charge in [0.1, 0.15) is 11.2 Å². The monoisotopic (exact) mass is 504 g/mol. The van der Waals surface area contributed by atoms with E-state index in [0.717, 1.165) is 8.95 Å². The number of carbonyl (C=O) groups is 1. The SMILES string of the molecule is O=C(Oc1ccc(Br)c(Br)c1Br)C12COP(=O)(OC1)OC2. The standard InChI is InChI=1S/C11H8Br3O6P/c12-6-1-2-7(9(14)8(6)13)20-10(15)11-3-17-21(16,18-4-11)19-5-11/h1-2H,3-5H2. The van der Waals surface area contributed by atoms with Gasteiger partial charge in [0.05, 0.1) is 24.3 Å². The van der Waals surface area contributed by atoms with Gasteiger partial charge in [-0.2, -0.15) is 0 Å². The van der Waals surface area contributed by atoms with Gasteiger partial charge in [-0.1, -0.05) is 0 Å². The number of phosphoric acid groups is 1. The Morgan fingerprint density at radius 1 is 1.10 bits per heavy atom. The maximum absolute atomic E-state index is 12.4. The van der Waals surface area contributed by atoms with Crippen LogP contribution in [0.15, 0.2) is 25.6 Å². The van der Waals surface area contributed by atoms with Crippen LogP contribution in [-0.2, 0) is 22.9 Å². The molecule has 0 aromatic heterocycles. The zero-order valence-electron chi connectivity index (χ0n) is 10.3. The Labute approximate surface area is 145 Å². The van der Waals surface area contributed by atoms with Gasteiger partial charge in [-0.05, 0) is 59.9 Å². The highest BCUT2D eigenvalue weighted by Crippen LogP contribution is 2.60. The number of hydrogen-bond donors (Lipinski definition) is 0. The molecule has 3 aliphatic rings. The lowest BCUT2D eigenvalue weighted by molar-refractivity contribution is -0.167. The van der Waals surface area contributed by atoms with Gasteiger partial charge in [0.15, 0.2) is 0 Å². The van der Waals surface area contributed by atoms with Crippen molar-refractivity contribution in [3.05, 3.63) is 25.6 Å². The van der Waals surface area contributed by atoms with Crippen molar-refractivity contribution in [2.75, 3.05) is 19.8 Å². The van der Waals surface area contributed by atoms with Gasteiger partial charge in [0.2, 0.25) is 0 Å². The highest BCUT2D eigenvalue weighted by molar-refractivity contribution is 9.14. The number of fused-ring (bicyclic) bond motifs is 3. The van der Waals surface area contributed by atoms with Crippen LogP contribution in [0.4, 0.5) is 0 Å². The van der Waals surface area contributed by atoms with Crippen molar-refractivity contribution in [3.63, 3.8) is 0 Å². The van der Waals surface area contributed by atoms with Crippen LogP contribution in [0.5, 0.6) is 5.75 Å². The van der Waals surface area contributed by atoms with Crippen molar-refractivity contribution in [2.45, 2.75) is 0 Å². The van der Waals surface area contributed by atoms with Crippen molar-refractivity contribution in [3.8, 4) is 5.75 Å². The maximum Gasteiger partial charge on any atom is 0.474 e. The lowest BCUT2D eigenvalue weighted by atomic mass is 9.91. The first-order valence-electron chi connectivity index (χ1n) is 5.75. The normalized spacial score (nSPS) is 31.2. The average Bonchev–Trinajstić information content (AvgIpc) is 2.49. The quantitative estimate of drug-likeness (QED) is 0.261. The summed E-state index contributed by atoms with van der Waals surface area (Å²) in [4.78, 5) is 12.4. The fraction of sp³-hybridized carbons (Fsp3) is 0.364. The smallest absolute Gasteiger partial charge is 0.425 e. The first-order chi connectivity index (χ1) is 9.85. The Morgan fingerprint density at radius 2 is 1.67 bits per heavy atom. The minimum atomic E-state index is -3.45. The van der Waals surface area contributed by atoms with Gasteiger partial charge in [-0.25, -0.2) is 4.57 Å². The van der Waals surface area contributed by atoms with E-state index in [1.54, 1.807) is 12.1 Å². The van der Waals surface area contributed by atoms with Gasteiger partial charge >= 0.3 is 13.8 Å². The molecule has 0 unspecified atom stereocenters. The van der Waals surface area contributed by atoms with Crippen LogP contribution >= 0.6 is 55.6 Å². The molecule has 0 atom stereocenters. The molecule has 114 valence electrons. The predicted octanol–water partition coefficient (Wildman–Crippen LogP) is 4.05. The van der Waals surface area contributed by atoms with E-state index < -0.39 is 19.2 Å². The third kappa shape index (κ3) is 2.89. The van der Waals surface area contributed by atoms with E-state index in [1.165, 1.54) is 0 Å². The van der Waals surface area contributed by atoms with E-state index in [1.807, 2.05) is 0 Å². The van der Waals surface area contributed by atoms with Gasteiger partial charge in [0, 0.05) is 8.95 Å². The molecule has 0 amide bonds. The maximum atomic E-state index is 12.4. The van der Waals surface area contributed by atoms with Crippen LogP contribution in [-0.4, -0.2) is 25.8 Å². The predicted molar refractivity (Wildman–Crippen MR) is 83.1 cm³/mol. The van der Waals surface area contributed by atoms with E-state index in [9.17, 15) is 9.36 Å². The molecule has 4 rings (SSSR count). The number of halogens is 3. The summed E-state index contributed by atoms with van der Waals surface area (Å²) in [5.74, 6) is -0.202. The summed E-state index contributed by atoms with van der Waals surface area (Å²) in [6, 6.07) is 3.39. The first kappa shape index (κ1) is 16.1. The fourth-order valence-electron chi connectivity index (χ4n) is 1.82. The molecule has 3 saturated heterocycles. The molecule has 10 heteroatoms. The molecule has 1 aromatic rings. The van der Waals surface area contributed by atoms with Crippen LogP contribution in [0.25, 0.3) is 0 Å². The number of ether oxygens (including phenoxy) is 1.